The van der Waals surface area contributed by atoms with Gasteiger partial charge in [-0.2, -0.15) is 0 Å². The monoisotopic (exact) mass is 881 g/mol. The molecule has 0 aliphatic carbocycles. The molecule has 3 fully saturated rings. The zero-order valence-corrected chi connectivity index (χ0v) is 39.6. The molecule has 0 amide bonds. The highest BCUT2D eigenvalue weighted by atomic mass is 16.7. The van der Waals surface area contributed by atoms with Crippen molar-refractivity contribution >= 4 is 11.7 Å². The summed E-state index contributed by atoms with van der Waals surface area (Å²) in [4.78, 5) is 22.3. The van der Waals surface area contributed by atoms with Crippen LogP contribution < -0.4 is 0 Å². The first-order valence-electron chi connectivity index (χ1n) is 22.7. The minimum absolute atomic E-state index is 0.0144. The molecule has 18 atom stereocenters. The number of oxime groups is 1. The lowest BCUT2D eigenvalue weighted by Gasteiger charge is -2.49. The highest BCUT2D eigenvalue weighted by molar-refractivity contribution is 5.88. The van der Waals surface area contributed by atoms with Gasteiger partial charge in [0.25, 0.3) is 0 Å². The summed E-state index contributed by atoms with van der Waals surface area (Å²) in [7, 11) is 5.25. The molecule has 62 heavy (non-hydrogen) atoms. The Morgan fingerprint density at radius 2 is 1.55 bits per heavy atom. The first-order valence-corrected chi connectivity index (χ1v) is 22.7. The third-order valence-electron chi connectivity index (χ3n) is 13.8. The Balaban J connectivity index is 1.80. The van der Waals surface area contributed by atoms with Crippen LogP contribution in [0.1, 0.15) is 113 Å². The van der Waals surface area contributed by atoms with E-state index < -0.39 is 102 Å². The Morgan fingerprint density at radius 3 is 2.16 bits per heavy atom. The number of methoxy groups -OCH3 is 1. The number of aryl methyl sites for hydroxylation is 1. The zero-order chi connectivity index (χ0) is 46.3. The second-order valence-corrected chi connectivity index (χ2v) is 19.4. The summed E-state index contributed by atoms with van der Waals surface area (Å²) < 4.78 is 37.9. The Morgan fingerprint density at radius 1 is 0.887 bits per heavy atom. The Labute approximate surface area is 370 Å². The first kappa shape index (κ1) is 52.3. The number of carbonyl (C=O) groups is 1. The van der Waals surface area contributed by atoms with Gasteiger partial charge in [-0.3, -0.25) is 4.79 Å². The number of aliphatic hydroxyl groups excluding tert-OH is 3. The molecule has 0 saturated carbocycles. The minimum atomic E-state index is -1.94. The lowest BCUT2D eigenvalue weighted by molar-refractivity contribution is -0.317. The molecule has 3 aliphatic heterocycles. The number of likely N-dealkylation sites (N-methyl/N-ethyl adjacent to an activating group) is 1. The minimum Gasteiger partial charge on any atom is -0.459 e. The summed E-state index contributed by atoms with van der Waals surface area (Å²) in [6.07, 6.45) is -6.77. The van der Waals surface area contributed by atoms with Gasteiger partial charge in [0.15, 0.2) is 12.6 Å². The van der Waals surface area contributed by atoms with Crippen LogP contribution in [0.3, 0.4) is 0 Å². The van der Waals surface area contributed by atoms with E-state index in [0.29, 0.717) is 18.7 Å². The number of hydrogen-bond acceptors (Lipinski definition) is 15. The van der Waals surface area contributed by atoms with Crippen molar-refractivity contribution in [1.29, 1.82) is 0 Å². The summed E-state index contributed by atoms with van der Waals surface area (Å²) in [5, 5.41) is 64.3. The normalized spacial score (nSPS) is 43.6. The van der Waals surface area contributed by atoms with Gasteiger partial charge in [-0.25, -0.2) is 0 Å². The number of rotatable bonds is 13. The molecule has 5 N–H and O–H groups in total. The van der Waals surface area contributed by atoms with E-state index in [-0.39, 0.29) is 31.4 Å². The van der Waals surface area contributed by atoms with Gasteiger partial charge >= 0.3 is 5.97 Å². The van der Waals surface area contributed by atoms with E-state index in [1.165, 1.54) is 19.6 Å². The van der Waals surface area contributed by atoms with Gasteiger partial charge in [0, 0.05) is 37.3 Å². The SMILES string of the molecule is CC[C@H]1OC(=O)[C@H](C)[C@@H](OC2C[C@@](C)(OC)[C@@H](O)[C@H](C)O2)[C@H](C)[C@@H](O[C@@H]2O[C@H](C)C[C@H](N(C)C)[C@H]2O)C(C)(O)C[C@@H](C)/C(=N\OCCCCc2ccccc2)[C@H](C)[C@@H](O)[C@]1(C)O. The third-order valence-corrected chi connectivity index (χ3v) is 13.8. The molecule has 0 radical (unpaired) electrons. The molecule has 0 bridgehead atoms. The van der Waals surface area contributed by atoms with E-state index >= 15 is 0 Å². The molecule has 15 heteroatoms. The van der Waals surface area contributed by atoms with Crippen molar-refractivity contribution in [1.82, 2.24) is 4.90 Å². The molecular formula is C47H80N2O13. The summed E-state index contributed by atoms with van der Waals surface area (Å²) in [6.45, 7) is 17.6. The second kappa shape index (κ2) is 22.3. The summed E-state index contributed by atoms with van der Waals surface area (Å²) in [6, 6.07) is 9.86. The van der Waals surface area contributed by atoms with Crippen LogP contribution in [0.15, 0.2) is 35.5 Å². The van der Waals surface area contributed by atoms with Gasteiger partial charge in [0.05, 0.1) is 53.4 Å². The largest absolute Gasteiger partial charge is 0.459 e. The number of aliphatic hydroxyl groups is 5. The van der Waals surface area contributed by atoms with E-state index in [1.54, 1.807) is 48.5 Å². The third kappa shape index (κ3) is 12.5. The quantitative estimate of drug-likeness (QED) is 0.105. The number of hydrogen-bond donors (Lipinski definition) is 5. The van der Waals surface area contributed by atoms with Gasteiger partial charge in [-0.15, -0.1) is 0 Å². The maximum absolute atomic E-state index is 14.4. The van der Waals surface area contributed by atoms with Crippen LogP contribution in [0.4, 0.5) is 0 Å². The summed E-state index contributed by atoms with van der Waals surface area (Å²) in [5.41, 5.74) is -3.11. The van der Waals surface area contributed by atoms with Crippen molar-refractivity contribution in [3.05, 3.63) is 35.9 Å². The molecule has 2 unspecified atom stereocenters. The maximum atomic E-state index is 14.4. The zero-order valence-electron chi connectivity index (χ0n) is 39.6. The molecule has 3 aliphatic rings. The smallest absolute Gasteiger partial charge is 0.311 e. The average molecular weight is 881 g/mol. The molecule has 1 aromatic rings. The van der Waals surface area contributed by atoms with Crippen molar-refractivity contribution in [3.63, 3.8) is 0 Å². The lowest BCUT2D eigenvalue weighted by Crippen LogP contribution is -2.61. The highest BCUT2D eigenvalue weighted by Crippen LogP contribution is 2.41. The molecule has 356 valence electrons. The number of cyclic esters (lactones) is 1. The molecule has 3 heterocycles. The van der Waals surface area contributed by atoms with E-state index in [0.717, 1.165) is 19.3 Å². The molecule has 0 spiro atoms. The van der Waals surface area contributed by atoms with Crippen LogP contribution in [-0.2, 0) is 44.5 Å². The standard InChI is InChI=1S/C47H80N2O13/c1-14-35-47(10,55)40(51)29(4)37(48-57-23-19-18-22-33-20-16-15-17-21-33)27(2)25-45(8,54)42(62-44-38(50)34(49(11)12)24-28(3)58-44)30(5)39(31(6)43(53)60-35)61-36-26-46(9,56-13)41(52)32(7)59-36/h15-17,20-21,27-32,34-36,38-42,44,50-52,54-55H,14,18-19,22-26H2,1-13H3/b48-37+/t27-,28-,29+,30+,31-,32+,34+,35-,36?,38-,39+,40-,41+,42-,44+,45?,46-,47-/m1/s1. The van der Waals surface area contributed by atoms with Gasteiger partial charge in [0.1, 0.15) is 30.5 Å². The Hall–Kier alpha value is -2.28. The first-order chi connectivity index (χ1) is 29.0. The van der Waals surface area contributed by atoms with Gasteiger partial charge in [-0.1, -0.05) is 63.2 Å². The van der Waals surface area contributed by atoms with Crippen LogP contribution in [0.2, 0.25) is 0 Å². The Kier molecular flexibility index (Phi) is 18.8. The van der Waals surface area contributed by atoms with Crippen LogP contribution in [0, 0.1) is 23.7 Å². The second-order valence-electron chi connectivity index (χ2n) is 19.4. The van der Waals surface area contributed by atoms with Gasteiger partial charge < -0.3 is 63.7 Å². The fourth-order valence-corrected chi connectivity index (χ4v) is 9.85. The fourth-order valence-electron chi connectivity index (χ4n) is 9.85. The van der Waals surface area contributed by atoms with Crippen molar-refractivity contribution in [3.8, 4) is 0 Å². The van der Waals surface area contributed by atoms with Crippen LogP contribution in [0.25, 0.3) is 0 Å². The van der Waals surface area contributed by atoms with Crippen LogP contribution >= 0.6 is 0 Å². The number of esters is 1. The lowest BCUT2D eigenvalue weighted by atomic mass is 9.73. The van der Waals surface area contributed by atoms with E-state index in [1.807, 2.05) is 51.0 Å². The van der Waals surface area contributed by atoms with E-state index in [2.05, 4.69) is 17.3 Å². The van der Waals surface area contributed by atoms with Gasteiger partial charge in [0.2, 0.25) is 0 Å². The van der Waals surface area contributed by atoms with Crippen LogP contribution in [0.5, 0.6) is 0 Å². The van der Waals surface area contributed by atoms with Crippen molar-refractivity contribution in [2.24, 2.45) is 28.8 Å². The molecule has 4 rings (SSSR count). The molecular weight excluding hydrogens is 801 g/mol. The Bertz CT molecular complexity index is 1560. The van der Waals surface area contributed by atoms with Crippen molar-refractivity contribution in [2.75, 3.05) is 27.8 Å². The molecule has 15 nitrogen and oxygen atoms in total. The number of ether oxygens (including phenoxy) is 6. The number of unbranched alkanes of at least 4 members (excludes halogenated alkanes) is 1. The maximum Gasteiger partial charge on any atom is 0.311 e. The average Bonchev–Trinajstić information content (AvgIpc) is 3.22. The van der Waals surface area contributed by atoms with Crippen molar-refractivity contribution in [2.45, 2.75) is 198 Å². The molecule has 3 saturated heterocycles. The van der Waals surface area contributed by atoms with E-state index in [4.69, 9.17) is 33.3 Å². The number of benzene rings is 1. The van der Waals surface area contributed by atoms with Crippen molar-refractivity contribution < 1.29 is 63.6 Å². The molecule has 1 aromatic carbocycles. The fraction of sp³-hybridized carbons (Fsp3) is 0.830. The molecule has 0 aromatic heterocycles. The van der Waals surface area contributed by atoms with Gasteiger partial charge in [-0.05, 0) is 99.7 Å². The van der Waals surface area contributed by atoms with E-state index in [9.17, 15) is 30.3 Å². The summed E-state index contributed by atoms with van der Waals surface area (Å²) >= 11 is 0. The highest BCUT2D eigenvalue weighted by Gasteiger charge is 2.53. The predicted octanol–water partition coefficient (Wildman–Crippen LogP) is 4.61. The van der Waals surface area contributed by atoms with Crippen LogP contribution in [-0.4, -0.2) is 154 Å². The number of carbonyl (C=O) groups excluding carboxylic acids is 1. The number of nitrogens with zero attached hydrogens (tertiary/aromatic N) is 2. The summed E-state index contributed by atoms with van der Waals surface area (Å²) in [5.74, 6) is -3.98. The predicted molar refractivity (Wildman–Crippen MR) is 234 cm³/mol. The topological polar surface area (TPSA) is 198 Å².